The van der Waals surface area contributed by atoms with Crippen LogP contribution in [0.3, 0.4) is 0 Å². The molecule has 0 saturated heterocycles. The Hall–Kier alpha value is -2.36. The Morgan fingerprint density at radius 1 is 1.35 bits per heavy atom. The maximum atomic E-state index is 13.3. The Labute approximate surface area is 187 Å². The standard InChI is InChI=1S/C21H22ClF3N4OS/c1-3-29-18(12(2)11-27-29)15-9-17(31-19(15)22)20(30)28-14(10-26)8-13-6-4-5-7-16(13)21(23,24)25/h4-7,9,11,14H,3,8,10,26H2,1-2H3,(H,28,30)/p+1. The first kappa shape index (κ1) is 23.3. The van der Waals surface area contributed by atoms with Crippen molar-refractivity contribution in [2.45, 2.75) is 39.0 Å². The van der Waals surface area contributed by atoms with E-state index in [4.69, 9.17) is 11.6 Å². The summed E-state index contributed by atoms with van der Waals surface area (Å²) in [6, 6.07) is 6.51. The summed E-state index contributed by atoms with van der Waals surface area (Å²) in [5.41, 5.74) is 5.70. The van der Waals surface area contributed by atoms with Crippen LogP contribution in [0.5, 0.6) is 0 Å². The number of aromatic nitrogens is 2. The van der Waals surface area contributed by atoms with Crippen LogP contribution in [0.1, 0.15) is 33.3 Å². The fraction of sp³-hybridized carbons (Fsp3) is 0.333. The SMILES string of the molecule is CCn1ncc(C)c1-c1cc(C(=O)NC(C[NH3+])Cc2ccccc2C(F)(F)F)sc1Cl. The molecule has 31 heavy (non-hydrogen) atoms. The maximum absolute atomic E-state index is 13.3. The van der Waals surface area contributed by atoms with E-state index in [1.807, 2.05) is 13.8 Å². The van der Waals surface area contributed by atoms with Gasteiger partial charge < -0.3 is 11.1 Å². The Morgan fingerprint density at radius 2 is 2.06 bits per heavy atom. The van der Waals surface area contributed by atoms with Crippen LogP contribution in [0.15, 0.2) is 36.5 Å². The fourth-order valence-corrected chi connectivity index (χ4v) is 4.61. The number of hydrogen-bond acceptors (Lipinski definition) is 3. The number of nitrogens with zero attached hydrogens (tertiary/aromatic N) is 2. The van der Waals surface area contributed by atoms with Crippen LogP contribution in [0, 0.1) is 6.92 Å². The molecular weight excluding hydrogens is 449 g/mol. The van der Waals surface area contributed by atoms with Crippen molar-refractivity contribution in [2.75, 3.05) is 6.54 Å². The van der Waals surface area contributed by atoms with Gasteiger partial charge in [0.05, 0.1) is 34.9 Å². The molecule has 1 amide bonds. The van der Waals surface area contributed by atoms with Gasteiger partial charge in [-0.15, -0.1) is 11.3 Å². The number of benzene rings is 1. The molecule has 4 N–H and O–H groups in total. The number of thiophene rings is 1. The quantitative estimate of drug-likeness (QED) is 0.542. The van der Waals surface area contributed by atoms with E-state index in [2.05, 4.69) is 16.1 Å². The highest BCUT2D eigenvalue weighted by atomic mass is 35.5. The molecule has 1 unspecified atom stereocenters. The number of aryl methyl sites for hydroxylation is 2. The maximum Gasteiger partial charge on any atom is 0.416 e. The van der Waals surface area contributed by atoms with Gasteiger partial charge >= 0.3 is 6.18 Å². The highest BCUT2D eigenvalue weighted by Crippen LogP contribution is 2.37. The van der Waals surface area contributed by atoms with Crippen LogP contribution in [0.25, 0.3) is 11.3 Å². The lowest BCUT2D eigenvalue weighted by molar-refractivity contribution is -0.372. The number of nitrogens with one attached hydrogen (secondary N) is 1. The third kappa shape index (κ3) is 5.11. The van der Waals surface area contributed by atoms with Gasteiger partial charge in [0.15, 0.2) is 0 Å². The van der Waals surface area contributed by atoms with E-state index in [0.29, 0.717) is 21.3 Å². The molecule has 0 bridgehead atoms. The van der Waals surface area contributed by atoms with Crippen molar-refractivity contribution in [1.29, 1.82) is 0 Å². The first-order valence-corrected chi connectivity index (χ1v) is 10.9. The van der Waals surface area contributed by atoms with Gasteiger partial charge in [0.2, 0.25) is 0 Å². The number of amides is 1. The first-order valence-electron chi connectivity index (χ1n) is 9.73. The predicted molar refractivity (Wildman–Crippen MR) is 115 cm³/mol. The number of rotatable bonds is 7. The van der Waals surface area contributed by atoms with Gasteiger partial charge in [0.25, 0.3) is 5.91 Å². The Bertz CT molecular complexity index is 1080. The highest BCUT2D eigenvalue weighted by Gasteiger charge is 2.33. The van der Waals surface area contributed by atoms with E-state index in [1.165, 1.54) is 12.1 Å². The zero-order chi connectivity index (χ0) is 22.8. The number of quaternary nitrogens is 1. The van der Waals surface area contributed by atoms with E-state index in [-0.39, 0.29) is 18.5 Å². The van der Waals surface area contributed by atoms with Gasteiger partial charge in [-0.3, -0.25) is 9.48 Å². The van der Waals surface area contributed by atoms with Crippen LogP contribution < -0.4 is 11.1 Å². The van der Waals surface area contributed by atoms with Gasteiger partial charge in [-0.25, -0.2) is 0 Å². The molecule has 0 fully saturated rings. The minimum absolute atomic E-state index is 0.0264. The van der Waals surface area contributed by atoms with Crippen molar-refractivity contribution < 1.29 is 23.7 Å². The van der Waals surface area contributed by atoms with Gasteiger partial charge in [-0.1, -0.05) is 29.8 Å². The van der Waals surface area contributed by atoms with Crippen LogP contribution in [0.2, 0.25) is 4.34 Å². The molecule has 10 heteroatoms. The predicted octanol–water partition coefficient (Wildman–Crippen LogP) is 4.20. The molecule has 166 valence electrons. The van der Waals surface area contributed by atoms with E-state index in [0.717, 1.165) is 28.7 Å². The lowest BCUT2D eigenvalue weighted by Gasteiger charge is -2.18. The summed E-state index contributed by atoms with van der Waals surface area (Å²) in [6.07, 6.45) is -2.69. The second kappa shape index (κ2) is 9.42. The van der Waals surface area contributed by atoms with Crippen molar-refractivity contribution >= 4 is 28.8 Å². The Balaban J connectivity index is 1.81. The molecule has 1 aromatic carbocycles. The van der Waals surface area contributed by atoms with Crippen molar-refractivity contribution in [2.24, 2.45) is 0 Å². The third-order valence-corrected chi connectivity index (χ3v) is 6.32. The molecule has 0 spiro atoms. The first-order chi connectivity index (χ1) is 14.7. The van der Waals surface area contributed by atoms with Gasteiger partial charge in [-0.2, -0.15) is 18.3 Å². The van der Waals surface area contributed by atoms with Crippen molar-refractivity contribution in [1.82, 2.24) is 15.1 Å². The lowest BCUT2D eigenvalue weighted by Crippen LogP contribution is -2.60. The van der Waals surface area contributed by atoms with Crippen molar-refractivity contribution in [3.63, 3.8) is 0 Å². The van der Waals surface area contributed by atoms with E-state index in [9.17, 15) is 18.0 Å². The average molecular weight is 472 g/mol. The average Bonchev–Trinajstić information content (AvgIpc) is 3.28. The van der Waals surface area contributed by atoms with Crippen LogP contribution >= 0.6 is 22.9 Å². The lowest BCUT2D eigenvalue weighted by atomic mass is 9.99. The molecule has 3 rings (SSSR count). The van der Waals surface area contributed by atoms with Gasteiger partial charge in [-0.05, 0) is 43.5 Å². The number of halogens is 4. The van der Waals surface area contributed by atoms with Crippen molar-refractivity contribution in [3.8, 4) is 11.3 Å². The molecular formula is C21H23ClF3N4OS+. The summed E-state index contributed by atoms with van der Waals surface area (Å²) >= 11 is 7.54. The summed E-state index contributed by atoms with van der Waals surface area (Å²) in [4.78, 5) is 13.2. The molecule has 0 saturated carbocycles. The molecule has 3 aromatic rings. The number of carbonyl (C=O) groups excluding carboxylic acids is 1. The van der Waals surface area contributed by atoms with Crippen LogP contribution in [-0.2, 0) is 19.1 Å². The summed E-state index contributed by atoms with van der Waals surface area (Å²) in [7, 11) is 0. The molecule has 0 aliphatic rings. The summed E-state index contributed by atoms with van der Waals surface area (Å²) in [6.45, 7) is 4.77. The second-order valence-corrected chi connectivity index (χ2v) is 8.76. The minimum Gasteiger partial charge on any atom is -0.356 e. The Morgan fingerprint density at radius 3 is 2.71 bits per heavy atom. The molecule has 0 radical (unpaired) electrons. The van der Waals surface area contributed by atoms with E-state index >= 15 is 0 Å². The second-order valence-electron chi connectivity index (χ2n) is 7.11. The number of hydrogen-bond donors (Lipinski definition) is 2. The summed E-state index contributed by atoms with van der Waals surface area (Å²) in [5.74, 6) is -0.392. The molecule has 2 heterocycles. The van der Waals surface area contributed by atoms with Crippen LogP contribution in [0.4, 0.5) is 13.2 Å². The van der Waals surface area contributed by atoms with Crippen LogP contribution in [-0.4, -0.2) is 28.3 Å². The normalized spacial score (nSPS) is 12.7. The number of alkyl halides is 3. The van der Waals surface area contributed by atoms with Crippen molar-refractivity contribution in [3.05, 3.63) is 62.4 Å². The Kier molecular flexibility index (Phi) is 7.08. The molecule has 1 atom stereocenters. The molecule has 5 nitrogen and oxygen atoms in total. The monoisotopic (exact) mass is 471 g/mol. The molecule has 0 aliphatic carbocycles. The zero-order valence-corrected chi connectivity index (χ0v) is 18.7. The smallest absolute Gasteiger partial charge is 0.356 e. The van der Waals surface area contributed by atoms with E-state index < -0.39 is 23.7 Å². The highest BCUT2D eigenvalue weighted by molar-refractivity contribution is 7.18. The zero-order valence-electron chi connectivity index (χ0n) is 17.1. The van der Waals surface area contributed by atoms with E-state index in [1.54, 1.807) is 23.0 Å². The van der Waals surface area contributed by atoms with Gasteiger partial charge in [0, 0.05) is 12.1 Å². The minimum atomic E-state index is -4.46. The number of carbonyl (C=O) groups is 1. The summed E-state index contributed by atoms with van der Waals surface area (Å²) in [5, 5.41) is 7.10. The molecule has 0 aliphatic heterocycles. The third-order valence-electron chi connectivity index (χ3n) is 4.96. The van der Waals surface area contributed by atoms with Gasteiger partial charge in [0.1, 0.15) is 4.34 Å². The fourth-order valence-electron chi connectivity index (χ4n) is 3.43. The largest absolute Gasteiger partial charge is 0.416 e. The summed E-state index contributed by atoms with van der Waals surface area (Å²) < 4.78 is 42.1. The molecule has 2 aromatic heterocycles. The topological polar surface area (TPSA) is 74.6 Å².